The van der Waals surface area contributed by atoms with Crippen molar-refractivity contribution in [1.29, 1.82) is 0 Å². The molecule has 2 heteroatoms. The number of fused-ring (bicyclic) bond motifs is 2. The van der Waals surface area contributed by atoms with Gasteiger partial charge in [0.1, 0.15) is 0 Å². The van der Waals surface area contributed by atoms with Crippen molar-refractivity contribution >= 4 is 22.8 Å². The average Bonchev–Trinajstić information content (AvgIpc) is 3.06. The summed E-state index contributed by atoms with van der Waals surface area (Å²) in [4.78, 5) is 0. The lowest BCUT2D eigenvalue weighted by Gasteiger charge is -2.34. The van der Waals surface area contributed by atoms with Crippen LogP contribution in [0, 0.1) is 0 Å². The van der Waals surface area contributed by atoms with Crippen LogP contribution in [0.1, 0.15) is 11.1 Å². The minimum absolute atomic E-state index is 0.491. The van der Waals surface area contributed by atoms with E-state index in [1.54, 1.807) is 0 Å². The first-order valence-electron chi connectivity index (χ1n) is 9.00. The Morgan fingerprint density at radius 1 is 0.556 bits per heavy atom. The van der Waals surface area contributed by atoms with Gasteiger partial charge in [-0.05, 0) is 44.9 Å². The van der Waals surface area contributed by atoms with Gasteiger partial charge in [-0.15, -0.1) is 0 Å². The number of hydrogen-bond donors (Lipinski definition) is 2. The molecule has 2 aliphatic rings. The van der Waals surface area contributed by atoms with Crippen LogP contribution in [0.3, 0.4) is 0 Å². The van der Waals surface area contributed by atoms with Crippen molar-refractivity contribution in [3.63, 3.8) is 0 Å². The molecular weight excluding hydrogens is 332 g/mol. The predicted molar refractivity (Wildman–Crippen MR) is 109 cm³/mol. The fraction of sp³-hybridized carbons (Fsp3) is 0.0400. The zero-order valence-electron chi connectivity index (χ0n) is 14.6. The summed E-state index contributed by atoms with van der Waals surface area (Å²) in [5.41, 5.74) is 4.52. The van der Waals surface area contributed by atoms with Crippen LogP contribution in [0.4, 0.5) is 0 Å². The standard InChI is InChI=1S/C25H18O2/c26-25(27)23(17-9-3-1-4-10-17)16-21-20-14-8-7-13-19(20)15-22(21)24(25)18-11-5-2-6-12-18/h1-16,26-27H. The van der Waals surface area contributed by atoms with E-state index in [-0.39, 0.29) is 0 Å². The van der Waals surface area contributed by atoms with Crippen LogP contribution in [0.25, 0.3) is 22.8 Å². The summed E-state index contributed by atoms with van der Waals surface area (Å²) in [6, 6.07) is 27.3. The average molecular weight is 350 g/mol. The summed E-state index contributed by atoms with van der Waals surface area (Å²) in [5.74, 6) is -2.08. The lowest BCUT2D eigenvalue weighted by atomic mass is 9.78. The van der Waals surface area contributed by atoms with Crippen LogP contribution >= 0.6 is 0 Å². The topological polar surface area (TPSA) is 40.5 Å². The van der Waals surface area contributed by atoms with E-state index >= 15 is 0 Å². The van der Waals surface area contributed by atoms with E-state index in [2.05, 4.69) is 12.1 Å². The van der Waals surface area contributed by atoms with Gasteiger partial charge in [-0.2, -0.15) is 0 Å². The van der Waals surface area contributed by atoms with E-state index < -0.39 is 5.79 Å². The van der Waals surface area contributed by atoms with Crippen LogP contribution in [-0.4, -0.2) is 16.0 Å². The van der Waals surface area contributed by atoms with E-state index in [1.807, 2.05) is 84.9 Å². The summed E-state index contributed by atoms with van der Waals surface area (Å²) < 4.78 is 0. The normalized spacial score (nSPS) is 17.1. The molecule has 0 aliphatic heterocycles. The SMILES string of the molecule is OC1(O)C(c2ccccc2)=CC2=c3ccccc3=CC2=C1c1ccccc1. The molecule has 5 rings (SSSR count). The summed E-state index contributed by atoms with van der Waals surface area (Å²) in [6.45, 7) is 0. The molecule has 2 nitrogen and oxygen atoms in total. The molecule has 0 bridgehead atoms. The number of hydrogen-bond acceptors (Lipinski definition) is 2. The molecule has 2 N–H and O–H groups in total. The van der Waals surface area contributed by atoms with Crippen molar-refractivity contribution < 1.29 is 10.2 Å². The largest absolute Gasteiger partial charge is 0.358 e. The van der Waals surface area contributed by atoms with E-state index in [0.717, 1.165) is 32.7 Å². The first kappa shape index (κ1) is 16.0. The molecule has 27 heavy (non-hydrogen) atoms. The Hall–Kier alpha value is -3.20. The Kier molecular flexibility index (Phi) is 3.51. The lowest BCUT2D eigenvalue weighted by Crippen LogP contribution is -2.35. The maximum atomic E-state index is 11.3. The molecule has 0 spiro atoms. The first-order valence-corrected chi connectivity index (χ1v) is 9.00. The van der Waals surface area contributed by atoms with Gasteiger partial charge in [-0.1, -0.05) is 84.9 Å². The number of rotatable bonds is 2. The highest BCUT2D eigenvalue weighted by atomic mass is 16.5. The van der Waals surface area contributed by atoms with Crippen LogP contribution in [-0.2, 0) is 0 Å². The Labute approximate surface area is 157 Å². The molecular formula is C25H18O2. The second kappa shape index (κ2) is 5.92. The molecule has 0 heterocycles. The van der Waals surface area contributed by atoms with Gasteiger partial charge in [0.15, 0.2) is 0 Å². The highest BCUT2D eigenvalue weighted by Crippen LogP contribution is 2.46. The second-order valence-electron chi connectivity index (χ2n) is 6.90. The molecule has 3 aromatic carbocycles. The molecule has 0 aromatic heterocycles. The molecule has 0 unspecified atom stereocenters. The molecule has 0 amide bonds. The van der Waals surface area contributed by atoms with Crippen LogP contribution in [0.5, 0.6) is 0 Å². The minimum Gasteiger partial charge on any atom is -0.358 e. The van der Waals surface area contributed by atoms with Crippen molar-refractivity contribution in [3.05, 3.63) is 118 Å². The van der Waals surface area contributed by atoms with Crippen molar-refractivity contribution in [2.75, 3.05) is 0 Å². The third kappa shape index (κ3) is 2.42. The van der Waals surface area contributed by atoms with Gasteiger partial charge >= 0.3 is 0 Å². The van der Waals surface area contributed by atoms with Crippen LogP contribution in [0.15, 0.2) is 96.6 Å². The monoisotopic (exact) mass is 350 g/mol. The Morgan fingerprint density at radius 3 is 1.85 bits per heavy atom. The smallest absolute Gasteiger partial charge is 0.219 e. The van der Waals surface area contributed by atoms with E-state index in [9.17, 15) is 10.2 Å². The molecule has 0 saturated heterocycles. The second-order valence-corrected chi connectivity index (χ2v) is 6.90. The van der Waals surface area contributed by atoms with Gasteiger partial charge in [-0.3, -0.25) is 0 Å². The highest BCUT2D eigenvalue weighted by molar-refractivity contribution is 6.08. The highest BCUT2D eigenvalue weighted by Gasteiger charge is 2.41. The zero-order chi connectivity index (χ0) is 18.4. The predicted octanol–water partition coefficient (Wildman–Crippen LogP) is 2.86. The summed E-state index contributed by atoms with van der Waals surface area (Å²) in [5, 5.41) is 24.9. The van der Waals surface area contributed by atoms with Gasteiger partial charge in [-0.25, -0.2) is 0 Å². The van der Waals surface area contributed by atoms with Crippen LogP contribution < -0.4 is 10.4 Å². The number of aliphatic hydroxyl groups is 2. The molecule has 0 saturated carbocycles. The third-order valence-corrected chi connectivity index (χ3v) is 5.27. The van der Waals surface area contributed by atoms with Gasteiger partial charge < -0.3 is 10.2 Å². The molecule has 130 valence electrons. The minimum atomic E-state index is -2.08. The molecule has 0 fully saturated rings. The third-order valence-electron chi connectivity index (χ3n) is 5.27. The first-order chi connectivity index (χ1) is 13.2. The van der Waals surface area contributed by atoms with Gasteiger partial charge in [0.05, 0.1) is 0 Å². The quantitative estimate of drug-likeness (QED) is 0.698. The van der Waals surface area contributed by atoms with Crippen molar-refractivity contribution in [1.82, 2.24) is 0 Å². The Morgan fingerprint density at radius 2 is 1.15 bits per heavy atom. The van der Waals surface area contributed by atoms with Crippen molar-refractivity contribution in [2.24, 2.45) is 0 Å². The molecule has 3 aromatic rings. The fourth-order valence-electron chi connectivity index (χ4n) is 4.04. The maximum absolute atomic E-state index is 11.3. The van der Waals surface area contributed by atoms with Gasteiger partial charge in [0, 0.05) is 11.1 Å². The molecule has 2 aliphatic carbocycles. The molecule has 0 atom stereocenters. The molecule has 0 radical (unpaired) electrons. The van der Waals surface area contributed by atoms with Gasteiger partial charge in [0.25, 0.3) is 0 Å². The Balaban J connectivity index is 1.89. The summed E-state index contributed by atoms with van der Waals surface area (Å²) >= 11 is 0. The van der Waals surface area contributed by atoms with E-state index in [1.165, 1.54) is 0 Å². The van der Waals surface area contributed by atoms with E-state index in [0.29, 0.717) is 11.1 Å². The number of benzene rings is 3. The zero-order valence-corrected chi connectivity index (χ0v) is 14.6. The lowest BCUT2D eigenvalue weighted by molar-refractivity contribution is -0.0554. The van der Waals surface area contributed by atoms with Crippen molar-refractivity contribution in [3.8, 4) is 0 Å². The maximum Gasteiger partial charge on any atom is 0.219 e. The fourth-order valence-corrected chi connectivity index (χ4v) is 4.04. The van der Waals surface area contributed by atoms with Gasteiger partial charge in [0.2, 0.25) is 5.79 Å². The number of allylic oxidation sites excluding steroid dienone is 2. The van der Waals surface area contributed by atoms with Crippen LogP contribution in [0.2, 0.25) is 0 Å². The Bertz CT molecular complexity index is 1210. The summed E-state index contributed by atoms with van der Waals surface area (Å²) in [7, 11) is 0. The van der Waals surface area contributed by atoms with E-state index in [4.69, 9.17) is 0 Å². The van der Waals surface area contributed by atoms with Crippen molar-refractivity contribution in [2.45, 2.75) is 5.79 Å². The summed E-state index contributed by atoms with van der Waals surface area (Å²) in [6.07, 6.45) is 3.96.